The zero-order valence-electron chi connectivity index (χ0n) is 19.1. The van der Waals surface area contributed by atoms with E-state index in [4.69, 9.17) is 29.9 Å². The van der Waals surface area contributed by atoms with Gasteiger partial charge in [0.15, 0.2) is 17.5 Å². The van der Waals surface area contributed by atoms with E-state index in [0.717, 1.165) is 50.9 Å². The molecule has 6 nitrogen and oxygen atoms in total. The highest BCUT2D eigenvalue weighted by atomic mass is 32.1. The van der Waals surface area contributed by atoms with Crippen molar-refractivity contribution in [3.63, 3.8) is 0 Å². The molecule has 12 heteroatoms. The zero-order valence-corrected chi connectivity index (χ0v) is 24.4. The second-order valence-electron chi connectivity index (χ2n) is 7.77. The molecule has 0 amide bonds. The van der Waals surface area contributed by atoms with E-state index in [1.54, 1.807) is 0 Å². The van der Waals surface area contributed by atoms with Crippen molar-refractivity contribution in [1.29, 1.82) is 0 Å². The third-order valence-corrected chi connectivity index (χ3v) is 7.12. The van der Waals surface area contributed by atoms with Gasteiger partial charge < -0.3 is 0 Å². The van der Waals surface area contributed by atoms with Crippen LogP contribution in [-0.2, 0) is 34.5 Å². The average molecular weight is 589 g/mol. The molecule has 3 aromatic heterocycles. The Balaban J connectivity index is 1.98. The zero-order chi connectivity index (χ0) is 25.7. The number of hydrogen-bond acceptors (Lipinski definition) is 12. The van der Waals surface area contributed by atoms with E-state index in [0.29, 0.717) is 52.0 Å². The van der Waals surface area contributed by atoms with Crippen LogP contribution in [0.5, 0.6) is 0 Å². The van der Waals surface area contributed by atoms with E-state index in [-0.39, 0.29) is 0 Å². The van der Waals surface area contributed by atoms with Crippen LogP contribution < -0.4 is 0 Å². The highest BCUT2D eigenvalue weighted by Gasteiger charge is 2.16. The van der Waals surface area contributed by atoms with Gasteiger partial charge in [-0.1, -0.05) is 0 Å². The lowest BCUT2D eigenvalue weighted by Gasteiger charge is -2.12. The largest absolute Gasteiger partial charge is 0.232 e. The maximum Gasteiger partial charge on any atom is 0.159 e. The molecule has 0 atom stereocenters. The summed E-state index contributed by atoms with van der Waals surface area (Å²) in [4.78, 5) is 28.3. The van der Waals surface area contributed by atoms with Crippen molar-refractivity contribution in [2.45, 2.75) is 34.5 Å². The van der Waals surface area contributed by atoms with Gasteiger partial charge in [-0.15, -0.1) is 0 Å². The molecule has 186 valence electrons. The SMILES string of the molecule is SCc1cc(CS)nc(-c2cc(-c3nc(CS)cc(CS)n3)cc(-c3nc(CS)cc(CS)n3)c2)n1. The van der Waals surface area contributed by atoms with Gasteiger partial charge in [-0.3, -0.25) is 0 Å². The molecule has 1 aromatic carbocycles. The fourth-order valence-corrected chi connectivity index (χ4v) is 4.52. The Bertz CT molecular complexity index is 1140. The van der Waals surface area contributed by atoms with Crippen LogP contribution in [-0.4, -0.2) is 29.9 Å². The standard InChI is InChI=1S/C24H24N6S6/c31-7-16-4-17(8-32)26-22(25-16)13-1-14(23-27-18(9-33)5-19(10-34)28-23)3-15(2-13)24-29-20(11-35)6-21(12-36)30-24/h1-6,31-36H,7-12H2. The van der Waals surface area contributed by atoms with Gasteiger partial charge in [0.2, 0.25) is 0 Å². The molecule has 0 aliphatic heterocycles. The third kappa shape index (κ3) is 6.51. The molecular weight excluding hydrogens is 565 g/mol. The van der Waals surface area contributed by atoms with E-state index in [9.17, 15) is 0 Å². The fraction of sp³-hybridized carbons (Fsp3) is 0.250. The van der Waals surface area contributed by atoms with Gasteiger partial charge in [0.25, 0.3) is 0 Å². The van der Waals surface area contributed by atoms with Gasteiger partial charge in [0.1, 0.15) is 0 Å². The lowest BCUT2D eigenvalue weighted by atomic mass is 10.0. The van der Waals surface area contributed by atoms with E-state index in [1.807, 2.05) is 36.4 Å². The van der Waals surface area contributed by atoms with Crippen LogP contribution in [0.4, 0.5) is 0 Å². The molecule has 0 unspecified atom stereocenters. The van der Waals surface area contributed by atoms with Crippen molar-refractivity contribution in [3.05, 3.63) is 70.6 Å². The topological polar surface area (TPSA) is 77.3 Å². The molecule has 0 saturated carbocycles. The Morgan fingerprint density at radius 1 is 0.333 bits per heavy atom. The first kappa shape index (κ1) is 27.6. The molecule has 0 N–H and O–H groups in total. The second kappa shape index (κ2) is 12.9. The Morgan fingerprint density at radius 3 is 0.694 bits per heavy atom. The summed E-state index contributed by atoms with van der Waals surface area (Å²) >= 11 is 26.5. The molecule has 4 rings (SSSR count). The summed E-state index contributed by atoms with van der Waals surface area (Å²) < 4.78 is 0. The number of aromatic nitrogens is 6. The molecule has 0 saturated heterocycles. The summed E-state index contributed by atoms with van der Waals surface area (Å²) in [6, 6.07) is 11.7. The molecular formula is C24H24N6S6. The summed E-state index contributed by atoms with van der Waals surface area (Å²) in [5.74, 6) is 4.60. The van der Waals surface area contributed by atoms with Crippen LogP contribution in [0, 0.1) is 0 Å². The van der Waals surface area contributed by atoms with Gasteiger partial charge in [-0.2, -0.15) is 75.8 Å². The van der Waals surface area contributed by atoms with Gasteiger partial charge in [0, 0.05) is 51.2 Å². The van der Waals surface area contributed by atoms with Gasteiger partial charge >= 0.3 is 0 Å². The van der Waals surface area contributed by atoms with Crippen molar-refractivity contribution in [2.24, 2.45) is 0 Å². The molecule has 0 aliphatic rings. The minimum atomic E-state index is 0.486. The predicted octanol–water partition coefficient (Wildman–Crippen LogP) is 5.64. The lowest BCUT2D eigenvalue weighted by molar-refractivity contribution is 1.03. The highest BCUT2D eigenvalue weighted by Crippen LogP contribution is 2.31. The Kier molecular flexibility index (Phi) is 9.87. The third-order valence-electron chi connectivity index (χ3n) is 5.18. The molecule has 0 aliphatic carbocycles. The van der Waals surface area contributed by atoms with Gasteiger partial charge in [-0.25, -0.2) is 29.9 Å². The van der Waals surface area contributed by atoms with Crippen LogP contribution in [0.1, 0.15) is 34.2 Å². The van der Waals surface area contributed by atoms with Gasteiger partial charge in [-0.05, 0) is 36.4 Å². The smallest absolute Gasteiger partial charge is 0.159 e. The Labute approximate surface area is 243 Å². The number of thiol groups is 6. The molecule has 0 fully saturated rings. The van der Waals surface area contributed by atoms with Crippen molar-refractivity contribution < 1.29 is 0 Å². The summed E-state index contributed by atoms with van der Waals surface area (Å²) in [5, 5.41) is 0. The van der Waals surface area contributed by atoms with E-state index in [2.05, 4.69) is 75.8 Å². The van der Waals surface area contributed by atoms with Crippen LogP contribution >= 0.6 is 75.8 Å². The number of benzene rings is 1. The van der Waals surface area contributed by atoms with E-state index < -0.39 is 0 Å². The first-order valence-corrected chi connectivity index (χ1v) is 14.7. The maximum atomic E-state index is 4.72. The Morgan fingerprint density at radius 2 is 0.528 bits per heavy atom. The monoisotopic (exact) mass is 588 g/mol. The fourth-order valence-electron chi connectivity index (χ4n) is 3.55. The molecule has 36 heavy (non-hydrogen) atoms. The minimum absolute atomic E-state index is 0.486. The van der Waals surface area contributed by atoms with E-state index >= 15 is 0 Å². The first-order valence-electron chi connectivity index (χ1n) is 10.9. The van der Waals surface area contributed by atoms with Crippen LogP contribution in [0.25, 0.3) is 34.2 Å². The Hall–Kier alpha value is -1.44. The van der Waals surface area contributed by atoms with Crippen molar-refractivity contribution in [2.75, 3.05) is 0 Å². The summed E-state index contributed by atoms with van der Waals surface area (Å²) in [6.07, 6.45) is 0. The molecule has 0 bridgehead atoms. The molecule has 0 spiro atoms. The summed E-state index contributed by atoms with van der Waals surface area (Å²) in [6.45, 7) is 0. The molecule has 0 radical (unpaired) electrons. The number of hydrogen-bond donors (Lipinski definition) is 6. The lowest BCUT2D eigenvalue weighted by Crippen LogP contribution is -2.02. The molecule has 4 aromatic rings. The summed E-state index contributed by atoms with van der Waals surface area (Å²) in [7, 11) is 0. The van der Waals surface area contributed by atoms with Crippen molar-refractivity contribution >= 4 is 75.8 Å². The average Bonchev–Trinajstić information content (AvgIpc) is 2.95. The summed E-state index contributed by atoms with van der Waals surface area (Å²) in [5.41, 5.74) is 7.25. The normalized spacial score (nSPS) is 11.2. The van der Waals surface area contributed by atoms with Gasteiger partial charge in [0.05, 0.1) is 34.2 Å². The number of nitrogens with zero attached hydrogens (tertiary/aromatic N) is 6. The second-order valence-corrected chi connectivity index (χ2v) is 9.67. The number of rotatable bonds is 9. The first-order chi connectivity index (χ1) is 17.5. The van der Waals surface area contributed by atoms with Crippen LogP contribution in [0.2, 0.25) is 0 Å². The van der Waals surface area contributed by atoms with E-state index in [1.165, 1.54) is 0 Å². The van der Waals surface area contributed by atoms with Crippen LogP contribution in [0.15, 0.2) is 36.4 Å². The van der Waals surface area contributed by atoms with Crippen molar-refractivity contribution in [1.82, 2.24) is 29.9 Å². The quantitative estimate of drug-likeness (QED) is 0.142. The minimum Gasteiger partial charge on any atom is -0.232 e. The molecule has 3 heterocycles. The van der Waals surface area contributed by atoms with Crippen molar-refractivity contribution in [3.8, 4) is 34.2 Å². The van der Waals surface area contributed by atoms with Crippen LogP contribution in [0.3, 0.4) is 0 Å². The maximum absolute atomic E-state index is 4.72. The highest BCUT2D eigenvalue weighted by molar-refractivity contribution is 7.80. The predicted molar refractivity (Wildman–Crippen MR) is 166 cm³/mol.